The lowest BCUT2D eigenvalue weighted by Crippen LogP contribution is -2.26. The number of hydrogen-bond acceptors (Lipinski definition) is 4. The van der Waals surface area contributed by atoms with Crippen LogP contribution in [-0.4, -0.2) is 27.0 Å². The van der Waals surface area contributed by atoms with E-state index in [1.54, 1.807) is 36.0 Å². The summed E-state index contributed by atoms with van der Waals surface area (Å²) < 4.78 is 26.2. The second kappa shape index (κ2) is 7.66. The first-order valence-corrected chi connectivity index (χ1v) is 8.89. The summed E-state index contributed by atoms with van der Waals surface area (Å²) in [6.07, 6.45) is 3.96. The van der Waals surface area contributed by atoms with Gasteiger partial charge in [0.1, 0.15) is 0 Å². The number of benzene rings is 1. The van der Waals surface area contributed by atoms with Crippen LogP contribution in [0.3, 0.4) is 0 Å². The molecule has 0 saturated heterocycles. The Balaban J connectivity index is 2.37. The topological polar surface area (TPSA) is 72.2 Å². The van der Waals surface area contributed by atoms with E-state index in [0.29, 0.717) is 12.2 Å². The maximum Gasteiger partial charge on any atom is 0.215 e. The summed E-state index contributed by atoms with van der Waals surface area (Å²) in [5.41, 5.74) is 6.94. The van der Waals surface area contributed by atoms with Gasteiger partial charge in [-0.3, -0.25) is 0 Å². The number of nitrogens with two attached hydrogens (primary N) is 1. The molecule has 0 amide bonds. The van der Waals surface area contributed by atoms with Crippen molar-refractivity contribution in [3.05, 3.63) is 29.8 Å². The third-order valence-electron chi connectivity index (χ3n) is 2.43. The lowest BCUT2D eigenvalue weighted by molar-refractivity contribution is 0.577. The number of thioether (sulfide) groups is 1. The minimum Gasteiger partial charge on any atom is -0.399 e. The highest BCUT2D eigenvalue weighted by molar-refractivity contribution is 7.98. The Morgan fingerprint density at radius 2 is 1.89 bits per heavy atom. The summed E-state index contributed by atoms with van der Waals surface area (Å²) >= 11 is 1.77. The average Bonchev–Trinajstić information content (AvgIpc) is 2.31. The molecule has 0 radical (unpaired) electrons. The standard InChI is InChI=1S/C12H20N2O2S2/c1-17-9-3-2-8-14-18(15,16)10-11-4-6-12(13)7-5-11/h4-7,14H,2-3,8-10,13H2,1H3. The molecule has 0 aliphatic carbocycles. The van der Waals surface area contributed by atoms with Crippen LogP contribution in [0.25, 0.3) is 0 Å². The monoisotopic (exact) mass is 288 g/mol. The van der Waals surface area contributed by atoms with E-state index in [0.717, 1.165) is 24.2 Å². The van der Waals surface area contributed by atoms with Crippen molar-refractivity contribution in [2.75, 3.05) is 24.3 Å². The summed E-state index contributed by atoms with van der Waals surface area (Å²) in [4.78, 5) is 0. The number of nitrogen functional groups attached to an aromatic ring is 1. The zero-order chi connectivity index (χ0) is 13.4. The van der Waals surface area contributed by atoms with Gasteiger partial charge in [-0.05, 0) is 42.5 Å². The summed E-state index contributed by atoms with van der Waals surface area (Å²) in [6.45, 7) is 0.512. The Kier molecular flexibility index (Phi) is 6.52. The van der Waals surface area contributed by atoms with Crippen LogP contribution in [0, 0.1) is 0 Å². The highest BCUT2D eigenvalue weighted by atomic mass is 32.2. The van der Waals surface area contributed by atoms with Gasteiger partial charge < -0.3 is 5.73 Å². The normalized spacial score (nSPS) is 11.6. The van der Waals surface area contributed by atoms with Gasteiger partial charge in [-0.2, -0.15) is 11.8 Å². The van der Waals surface area contributed by atoms with Gasteiger partial charge in [-0.1, -0.05) is 12.1 Å². The molecule has 0 saturated carbocycles. The van der Waals surface area contributed by atoms with Crippen molar-refractivity contribution < 1.29 is 8.42 Å². The van der Waals surface area contributed by atoms with Crippen molar-refractivity contribution in [1.29, 1.82) is 0 Å². The molecule has 0 heterocycles. The van der Waals surface area contributed by atoms with Gasteiger partial charge in [0, 0.05) is 12.2 Å². The molecule has 0 fully saturated rings. The van der Waals surface area contributed by atoms with E-state index in [1.807, 2.05) is 6.26 Å². The van der Waals surface area contributed by atoms with Gasteiger partial charge in [0.25, 0.3) is 0 Å². The largest absolute Gasteiger partial charge is 0.399 e. The number of nitrogens with one attached hydrogen (secondary N) is 1. The Morgan fingerprint density at radius 3 is 2.50 bits per heavy atom. The van der Waals surface area contributed by atoms with E-state index in [1.165, 1.54) is 0 Å². The molecule has 102 valence electrons. The number of hydrogen-bond donors (Lipinski definition) is 2. The van der Waals surface area contributed by atoms with Crippen LogP contribution in [0.1, 0.15) is 18.4 Å². The van der Waals surface area contributed by atoms with Crippen LogP contribution >= 0.6 is 11.8 Å². The quantitative estimate of drug-likeness (QED) is 0.565. The molecule has 0 aliphatic rings. The third kappa shape index (κ3) is 6.28. The molecule has 0 aliphatic heterocycles. The molecule has 0 atom stereocenters. The molecular weight excluding hydrogens is 268 g/mol. The Morgan fingerprint density at radius 1 is 1.22 bits per heavy atom. The van der Waals surface area contributed by atoms with Crippen molar-refractivity contribution in [2.45, 2.75) is 18.6 Å². The molecule has 18 heavy (non-hydrogen) atoms. The molecule has 1 aromatic carbocycles. The van der Waals surface area contributed by atoms with E-state index in [4.69, 9.17) is 5.73 Å². The zero-order valence-electron chi connectivity index (χ0n) is 10.6. The first-order chi connectivity index (χ1) is 8.53. The van der Waals surface area contributed by atoms with E-state index in [2.05, 4.69) is 4.72 Å². The average molecular weight is 288 g/mol. The summed E-state index contributed by atoms with van der Waals surface area (Å²) in [5.74, 6) is 1.08. The van der Waals surface area contributed by atoms with Crippen molar-refractivity contribution in [1.82, 2.24) is 4.72 Å². The van der Waals surface area contributed by atoms with E-state index in [-0.39, 0.29) is 5.75 Å². The van der Waals surface area contributed by atoms with E-state index in [9.17, 15) is 8.42 Å². The van der Waals surface area contributed by atoms with Gasteiger partial charge in [-0.15, -0.1) is 0 Å². The highest BCUT2D eigenvalue weighted by Gasteiger charge is 2.10. The van der Waals surface area contributed by atoms with E-state index < -0.39 is 10.0 Å². The predicted molar refractivity (Wildman–Crippen MR) is 79.1 cm³/mol. The molecule has 0 unspecified atom stereocenters. The van der Waals surface area contributed by atoms with E-state index >= 15 is 0 Å². The molecule has 3 N–H and O–H groups in total. The summed E-state index contributed by atoms with van der Waals surface area (Å²) in [7, 11) is -3.23. The lowest BCUT2D eigenvalue weighted by Gasteiger charge is -2.06. The molecule has 0 spiro atoms. The number of unbranched alkanes of at least 4 members (excludes halogenated alkanes) is 1. The summed E-state index contributed by atoms with van der Waals surface area (Å²) in [6, 6.07) is 6.90. The van der Waals surface area contributed by atoms with Crippen molar-refractivity contribution in [3.8, 4) is 0 Å². The fraction of sp³-hybridized carbons (Fsp3) is 0.500. The van der Waals surface area contributed by atoms with Crippen LogP contribution in [0.15, 0.2) is 24.3 Å². The first kappa shape index (κ1) is 15.3. The number of sulfonamides is 1. The van der Waals surface area contributed by atoms with Crippen LogP contribution in [0.2, 0.25) is 0 Å². The van der Waals surface area contributed by atoms with Crippen molar-refractivity contribution in [3.63, 3.8) is 0 Å². The second-order valence-corrected chi connectivity index (χ2v) is 6.89. The SMILES string of the molecule is CSCCCCNS(=O)(=O)Cc1ccc(N)cc1. The molecule has 4 nitrogen and oxygen atoms in total. The fourth-order valence-electron chi connectivity index (χ4n) is 1.48. The van der Waals surface area contributed by atoms with Gasteiger partial charge in [-0.25, -0.2) is 13.1 Å². The number of rotatable bonds is 8. The lowest BCUT2D eigenvalue weighted by atomic mass is 10.2. The maximum atomic E-state index is 11.8. The minimum absolute atomic E-state index is 0.00973. The van der Waals surface area contributed by atoms with Gasteiger partial charge in [0.05, 0.1) is 5.75 Å². The predicted octanol–water partition coefficient (Wildman–Crippen LogP) is 1.83. The Hall–Kier alpha value is -0.720. The van der Waals surface area contributed by atoms with Crippen molar-refractivity contribution >= 4 is 27.5 Å². The maximum absolute atomic E-state index is 11.8. The van der Waals surface area contributed by atoms with Gasteiger partial charge in [0.15, 0.2) is 0 Å². The summed E-state index contributed by atoms with van der Waals surface area (Å²) in [5, 5.41) is 0. The molecule has 1 aromatic rings. The molecule has 6 heteroatoms. The zero-order valence-corrected chi connectivity index (χ0v) is 12.2. The Labute approximate surface area is 113 Å². The van der Waals surface area contributed by atoms with Crippen molar-refractivity contribution in [2.24, 2.45) is 0 Å². The smallest absolute Gasteiger partial charge is 0.215 e. The van der Waals surface area contributed by atoms with Crippen LogP contribution < -0.4 is 10.5 Å². The van der Waals surface area contributed by atoms with Gasteiger partial charge >= 0.3 is 0 Å². The fourth-order valence-corrected chi connectivity index (χ4v) is 3.16. The molecule has 0 aromatic heterocycles. The molecule has 0 bridgehead atoms. The third-order valence-corrected chi connectivity index (χ3v) is 4.49. The molecule has 1 rings (SSSR count). The highest BCUT2D eigenvalue weighted by Crippen LogP contribution is 2.08. The molecular formula is C12H20N2O2S2. The second-order valence-electron chi connectivity index (χ2n) is 4.09. The Bertz CT molecular complexity index is 444. The van der Waals surface area contributed by atoms with Gasteiger partial charge in [0.2, 0.25) is 10.0 Å². The van der Waals surface area contributed by atoms with Crippen LogP contribution in [0.5, 0.6) is 0 Å². The minimum atomic E-state index is -3.23. The first-order valence-electron chi connectivity index (χ1n) is 5.84. The van der Waals surface area contributed by atoms with Crippen LogP contribution in [-0.2, 0) is 15.8 Å². The number of anilines is 1. The van der Waals surface area contributed by atoms with Crippen LogP contribution in [0.4, 0.5) is 5.69 Å².